The van der Waals surface area contributed by atoms with Crippen LogP contribution in [0.3, 0.4) is 0 Å². The van der Waals surface area contributed by atoms with Crippen molar-refractivity contribution in [2.24, 2.45) is 0 Å². The normalized spacial score (nSPS) is 12.9. The molecule has 1 aliphatic rings. The van der Waals surface area contributed by atoms with E-state index in [9.17, 15) is 19.2 Å². The number of carbonyl (C=O) groups is 4. The van der Waals surface area contributed by atoms with Crippen molar-refractivity contribution in [1.82, 2.24) is 9.80 Å². The van der Waals surface area contributed by atoms with E-state index in [2.05, 4.69) is 101 Å². The largest absolute Gasteiger partial charge is 0.478 e. The van der Waals surface area contributed by atoms with Gasteiger partial charge in [0.15, 0.2) is 0 Å². The van der Waals surface area contributed by atoms with Gasteiger partial charge in [0.2, 0.25) is 0 Å². The fraction of sp³-hybridized carbons (Fsp3) is 0.235. The first-order valence-corrected chi connectivity index (χ1v) is 14.0. The van der Waals surface area contributed by atoms with Crippen LogP contribution >= 0.6 is 0 Å². The number of hydrogen-bond donors (Lipinski definition) is 4. The molecule has 0 radical (unpaired) electrons. The number of piperazine rings is 1. The average Bonchev–Trinajstić information content (AvgIpc) is 3.02. The van der Waals surface area contributed by atoms with E-state index in [0.29, 0.717) is 30.2 Å². The highest BCUT2D eigenvalue weighted by Crippen LogP contribution is 2.28. The highest BCUT2D eigenvalue weighted by atomic mass is 16.4. The molecule has 46 heavy (non-hydrogen) atoms. The quantitative estimate of drug-likeness (QED) is 0.225. The number of carboxylic acids is 4. The van der Waals surface area contributed by atoms with Gasteiger partial charge in [-0.1, -0.05) is 91.0 Å². The Morgan fingerprint density at radius 3 is 1.22 bits per heavy atom. The predicted molar refractivity (Wildman–Crippen MR) is 174 cm³/mol. The minimum atomic E-state index is -1.26. The summed E-state index contributed by atoms with van der Waals surface area (Å²) in [5.74, 6) is -4.55. The van der Waals surface area contributed by atoms with Gasteiger partial charge in [-0.05, 0) is 29.7 Å². The van der Waals surface area contributed by atoms with E-state index in [0.717, 1.165) is 26.2 Å². The molecule has 0 aliphatic carbocycles. The Balaban J connectivity index is 0.000000941. The van der Waals surface area contributed by atoms with Gasteiger partial charge < -0.3 is 36.3 Å². The second-order valence-corrected chi connectivity index (χ2v) is 9.79. The molecule has 248 valence electrons. The fourth-order valence-electron chi connectivity index (χ4n) is 4.51. The minimum absolute atomic E-state index is 0. The first kappa shape index (κ1) is 40.9. The van der Waals surface area contributed by atoms with Crippen molar-refractivity contribution >= 4 is 23.9 Å². The van der Waals surface area contributed by atoms with E-state index < -0.39 is 23.9 Å². The molecule has 4 rings (SSSR count). The third kappa shape index (κ3) is 17.9. The Bertz CT molecular complexity index is 1250. The van der Waals surface area contributed by atoms with E-state index >= 15 is 0 Å². The summed E-state index contributed by atoms with van der Waals surface area (Å²) in [7, 11) is 0. The van der Waals surface area contributed by atoms with Gasteiger partial charge in [0.1, 0.15) is 0 Å². The van der Waals surface area contributed by atoms with Crippen molar-refractivity contribution in [2.45, 2.75) is 18.9 Å². The zero-order chi connectivity index (χ0) is 32.2. The first-order chi connectivity index (χ1) is 21.1. The van der Waals surface area contributed by atoms with Crippen LogP contribution in [0.1, 0.15) is 29.0 Å². The van der Waals surface area contributed by atoms with E-state index in [4.69, 9.17) is 20.4 Å². The molecule has 1 fully saturated rings. The average molecular weight is 639 g/mol. The van der Waals surface area contributed by atoms with E-state index in [1.807, 2.05) is 0 Å². The van der Waals surface area contributed by atoms with Crippen molar-refractivity contribution in [1.29, 1.82) is 0 Å². The molecular formula is C34H42N2O10. The van der Waals surface area contributed by atoms with Crippen LogP contribution in [-0.2, 0) is 25.7 Å². The van der Waals surface area contributed by atoms with Crippen molar-refractivity contribution in [2.75, 3.05) is 32.7 Å². The molecule has 0 atom stereocenters. The summed E-state index contributed by atoms with van der Waals surface area (Å²) < 4.78 is 0. The summed E-state index contributed by atoms with van der Waals surface area (Å²) in [6, 6.07) is 32.8. The van der Waals surface area contributed by atoms with Gasteiger partial charge in [-0.25, -0.2) is 19.2 Å². The summed E-state index contributed by atoms with van der Waals surface area (Å²) in [5.41, 5.74) is 4.27. The van der Waals surface area contributed by atoms with E-state index in [1.165, 1.54) is 36.2 Å². The monoisotopic (exact) mass is 638 g/mol. The smallest absolute Gasteiger partial charge is 0.328 e. The lowest BCUT2D eigenvalue weighted by Gasteiger charge is -2.35. The van der Waals surface area contributed by atoms with Crippen molar-refractivity contribution in [3.63, 3.8) is 0 Å². The lowest BCUT2D eigenvalue weighted by Crippen LogP contribution is -2.46. The van der Waals surface area contributed by atoms with Crippen LogP contribution in [0.25, 0.3) is 0 Å². The molecular weight excluding hydrogens is 596 g/mol. The predicted octanol–water partition coefficient (Wildman–Crippen LogP) is 2.80. The van der Waals surface area contributed by atoms with Crippen LogP contribution in [0, 0.1) is 0 Å². The fourth-order valence-corrected chi connectivity index (χ4v) is 4.51. The third-order valence-electron chi connectivity index (χ3n) is 6.59. The van der Waals surface area contributed by atoms with Gasteiger partial charge in [0.05, 0.1) is 0 Å². The number of carboxylic acid groups (broad SMARTS) is 4. The van der Waals surface area contributed by atoms with Gasteiger partial charge >= 0.3 is 23.9 Å². The minimum Gasteiger partial charge on any atom is -0.478 e. The summed E-state index contributed by atoms with van der Waals surface area (Å²) in [6.45, 7) is 6.90. The number of rotatable bonds is 11. The zero-order valence-corrected chi connectivity index (χ0v) is 25.3. The van der Waals surface area contributed by atoms with E-state index in [-0.39, 0.29) is 11.0 Å². The first-order valence-electron chi connectivity index (χ1n) is 14.0. The zero-order valence-electron chi connectivity index (χ0n) is 25.3. The molecule has 8 N–H and O–H groups in total. The lowest BCUT2D eigenvalue weighted by molar-refractivity contribution is -0.134. The molecule has 0 amide bonds. The highest BCUT2D eigenvalue weighted by Gasteiger charge is 2.20. The summed E-state index contributed by atoms with van der Waals surface area (Å²) >= 11 is 0. The van der Waals surface area contributed by atoms with Crippen LogP contribution in [0.4, 0.5) is 0 Å². The van der Waals surface area contributed by atoms with Gasteiger partial charge in [0, 0.05) is 62.9 Å². The molecule has 0 saturated carbocycles. The highest BCUT2D eigenvalue weighted by molar-refractivity contribution is 5.90. The second kappa shape index (κ2) is 23.3. The molecule has 1 heterocycles. The van der Waals surface area contributed by atoms with Gasteiger partial charge in [-0.2, -0.15) is 0 Å². The van der Waals surface area contributed by atoms with Crippen molar-refractivity contribution in [3.05, 3.63) is 132 Å². The van der Waals surface area contributed by atoms with E-state index in [1.54, 1.807) is 0 Å². The molecule has 0 unspecified atom stereocenters. The molecule has 0 spiro atoms. The Kier molecular flexibility index (Phi) is 20.7. The molecule has 1 saturated heterocycles. The Morgan fingerprint density at radius 1 is 0.543 bits per heavy atom. The molecule has 0 bridgehead atoms. The van der Waals surface area contributed by atoms with Gasteiger partial charge in [-0.3, -0.25) is 4.90 Å². The number of hydrogen-bond acceptors (Lipinski definition) is 6. The topological polar surface area (TPSA) is 219 Å². The standard InChI is InChI=1S/C26H30N2.2C4H4O4.2H2O/c1-4-10-23(11-5-1)22-28-20-18-27(19-21-28)17-16-26(24-12-6-2-7-13-24)25-14-8-3-9-15-25;2*5-3(6)1-2-4(7)8;;/h1-15,26H,16-22H2;2*1-2H,(H,5,6)(H,7,8);2*1H2/b;2*2-1+;;. The van der Waals surface area contributed by atoms with Crippen LogP contribution < -0.4 is 0 Å². The second-order valence-electron chi connectivity index (χ2n) is 9.79. The van der Waals surface area contributed by atoms with Crippen LogP contribution in [-0.4, -0.2) is 97.8 Å². The number of benzene rings is 3. The Hall–Kier alpha value is -5.14. The maximum atomic E-state index is 9.55. The summed E-state index contributed by atoms with van der Waals surface area (Å²) in [5, 5.41) is 31.2. The van der Waals surface area contributed by atoms with Crippen LogP contribution in [0.15, 0.2) is 115 Å². The maximum Gasteiger partial charge on any atom is 0.328 e. The molecule has 3 aromatic rings. The molecule has 3 aromatic carbocycles. The third-order valence-corrected chi connectivity index (χ3v) is 6.59. The van der Waals surface area contributed by atoms with Crippen LogP contribution in [0.5, 0.6) is 0 Å². The van der Waals surface area contributed by atoms with Crippen molar-refractivity contribution in [3.8, 4) is 0 Å². The molecule has 0 aromatic heterocycles. The Labute approximate surface area is 267 Å². The molecule has 12 nitrogen and oxygen atoms in total. The SMILES string of the molecule is O.O.O=C(O)/C=C/C(=O)O.O=C(O)/C=C/C(=O)O.c1ccc(CN2CCN(CCC(c3ccccc3)c3ccccc3)CC2)cc1. The Morgan fingerprint density at radius 2 is 0.870 bits per heavy atom. The summed E-state index contributed by atoms with van der Waals surface area (Å²) in [4.78, 5) is 43.4. The van der Waals surface area contributed by atoms with Gasteiger partial charge in [0.25, 0.3) is 0 Å². The molecule has 12 heteroatoms. The lowest BCUT2D eigenvalue weighted by atomic mass is 9.88. The number of aliphatic carboxylic acids is 4. The molecule has 1 aliphatic heterocycles. The summed E-state index contributed by atoms with van der Waals surface area (Å²) in [6.07, 6.45) is 3.40. The van der Waals surface area contributed by atoms with Crippen molar-refractivity contribution < 1.29 is 50.6 Å². The van der Waals surface area contributed by atoms with Gasteiger partial charge in [-0.15, -0.1) is 0 Å². The maximum absolute atomic E-state index is 9.55. The van der Waals surface area contributed by atoms with Crippen LogP contribution in [0.2, 0.25) is 0 Å². The number of nitrogens with zero attached hydrogens (tertiary/aromatic N) is 2.